The third kappa shape index (κ3) is 5.48. The summed E-state index contributed by atoms with van der Waals surface area (Å²) in [5, 5.41) is 8.75. The molecule has 12 heteroatoms. The molecule has 4 heterocycles. The molecule has 0 amide bonds. The van der Waals surface area contributed by atoms with Crippen LogP contribution in [0.1, 0.15) is 25.8 Å². The molecule has 0 radical (unpaired) electrons. The lowest BCUT2D eigenvalue weighted by Crippen LogP contribution is -2.55. The van der Waals surface area contributed by atoms with Gasteiger partial charge in [0.15, 0.2) is 11.3 Å². The summed E-state index contributed by atoms with van der Waals surface area (Å²) in [7, 11) is 5.92. The summed E-state index contributed by atoms with van der Waals surface area (Å²) >= 11 is 0. The Morgan fingerprint density at radius 3 is 2.49 bits per heavy atom. The van der Waals surface area contributed by atoms with Gasteiger partial charge in [-0.05, 0) is 71.7 Å². The first-order valence-corrected chi connectivity index (χ1v) is 13.0. The van der Waals surface area contributed by atoms with Gasteiger partial charge in [0.2, 0.25) is 5.95 Å². The number of piperazine rings is 1. The zero-order chi connectivity index (χ0) is 27.9. The minimum Gasteiger partial charge on any atom is -0.493 e. The summed E-state index contributed by atoms with van der Waals surface area (Å²) < 4.78 is 49.4. The topological polar surface area (TPSA) is 74.9 Å². The number of hydrogen-bond acceptors (Lipinski definition) is 8. The van der Waals surface area contributed by atoms with Gasteiger partial charge in [0.1, 0.15) is 11.3 Å². The van der Waals surface area contributed by atoms with Crippen molar-refractivity contribution in [2.24, 2.45) is 0 Å². The Morgan fingerprint density at radius 2 is 1.79 bits per heavy atom. The Hall–Kier alpha value is -3.51. The SMILES string of the molecule is C[C@@H]1CN(c2nnc3cnc4ccc(-c5ccc(OCCCN(C)C)c(C(F)(F)F)c5)nc4n23)C[C@H](C)N1C. The summed E-state index contributed by atoms with van der Waals surface area (Å²) in [5.74, 6) is 0.459. The Labute approximate surface area is 225 Å². The maximum Gasteiger partial charge on any atom is 0.419 e. The van der Waals surface area contributed by atoms with Crippen LogP contribution >= 0.6 is 0 Å². The molecule has 208 valence electrons. The number of benzene rings is 1. The molecule has 0 saturated carbocycles. The van der Waals surface area contributed by atoms with E-state index >= 15 is 0 Å². The smallest absolute Gasteiger partial charge is 0.419 e. The lowest BCUT2D eigenvalue weighted by molar-refractivity contribution is -0.138. The second-order valence-corrected chi connectivity index (χ2v) is 10.5. The number of alkyl halides is 3. The molecule has 9 nitrogen and oxygen atoms in total. The molecule has 3 aromatic heterocycles. The zero-order valence-corrected chi connectivity index (χ0v) is 22.8. The van der Waals surface area contributed by atoms with Gasteiger partial charge in [0, 0.05) is 37.3 Å². The summed E-state index contributed by atoms with van der Waals surface area (Å²) in [6.45, 7) is 6.76. The molecule has 1 fully saturated rings. The van der Waals surface area contributed by atoms with Gasteiger partial charge in [-0.2, -0.15) is 13.2 Å². The number of nitrogens with zero attached hydrogens (tertiary/aromatic N) is 8. The van der Waals surface area contributed by atoms with E-state index in [1.165, 1.54) is 6.07 Å². The molecule has 0 spiro atoms. The first kappa shape index (κ1) is 27.1. The average Bonchev–Trinajstić information content (AvgIpc) is 3.33. The van der Waals surface area contributed by atoms with Crippen LogP contribution < -0.4 is 9.64 Å². The molecule has 1 aliphatic rings. The maximum absolute atomic E-state index is 14.0. The monoisotopic (exact) mass is 542 g/mol. The third-order valence-electron chi connectivity index (χ3n) is 7.29. The highest BCUT2D eigenvalue weighted by Gasteiger charge is 2.35. The molecular formula is C27H33F3N8O. The van der Waals surface area contributed by atoms with E-state index in [2.05, 4.69) is 45.9 Å². The predicted molar refractivity (Wildman–Crippen MR) is 144 cm³/mol. The summed E-state index contributed by atoms with van der Waals surface area (Å²) in [6, 6.07) is 8.13. The van der Waals surface area contributed by atoms with Gasteiger partial charge in [-0.3, -0.25) is 4.90 Å². The highest BCUT2D eigenvalue weighted by atomic mass is 19.4. The van der Waals surface area contributed by atoms with Crippen molar-refractivity contribution in [3.63, 3.8) is 0 Å². The van der Waals surface area contributed by atoms with E-state index in [0.29, 0.717) is 52.5 Å². The van der Waals surface area contributed by atoms with Gasteiger partial charge in [-0.1, -0.05) is 0 Å². The summed E-state index contributed by atoms with van der Waals surface area (Å²) in [6.07, 6.45) is -2.32. The number of aromatic nitrogens is 5. The molecule has 0 N–H and O–H groups in total. The van der Waals surface area contributed by atoms with E-state index in [1.807, 2.05) is 23.4 Å². The molecular weight excluding hydrogens is 509 g/mol. The van der Waals surface area contributed by atoms with Crippen LogP contribution in [-0.2, 0) is 6.18 Å². The quantitative estimate of drug-likeness (QED) is 0.322. The molecule has 0 unspecified atom stereocenters. The molecule has 0 aliphatic carbocycles. The maximum atomic E-state index is 14.0. The number of hydrogen-bond donors (Lipinski definition) is 0. The van der Waals surface area contributed by atoms with Crippen molar-refractivity contribution in [2.75, 3.05) is 52.3 Å². The Bertz CT molecular complexity index is 1460. The molecule has 1 aromatic carbocycles. The van der Waals surface area contributed by atoms with Gasteiger partial charge in [-0.25, -0.2) is 14.4 Å². The molecule has 5 rings (SSSR count). The van der Waals surface area contributed by atoms with Crippen LogP contribution in [0.5, 0.6) is 5.75 Å². The van der Waals surface area contributed by atoms with Crippen molar-refractivity contribution in [1.29, 1.82) is 0 Å². The summed E-state index contributed by atoms with van der Waals surface area (Å²) in [5.41, 5.74) is 1.51. The van der Waals surface area contributed by atoms with Gasteiger partial charge < -0.3 is 14.5 Å². The molecule has 4 aromatic rings. The minimum atomic E-state index is -4.57. The minimum absolute atomic E-state index is 0.186. The van der Waals surface area contributed by atoms with Gasteiger partial charge >= 0.3 is 6.18 Å². The van der Waals surface area contributed by atoms with E-state index in [1.54, 1.807) is 24.4 Å². The Morgan fingerprint density at radius 1 is 1.05 bits per heavy atom. The van der Waals surface area contributed by atoms with E-state index in [-0.39, 0.29) is 12.4 Å². The number of anilines is 1. The van der Waals surface area contributed by atoms with Crippen LogP contribution in [0.3, 0.4) is 0 Å². The van der Waals surface area contributed by atoms with Crippen LogP contribution in [0.2, 0.25) is 0 Å². The third-order valence-corrected chi connectivity index (χ3v) is 7.29. The molecule has 1 saturated heterocycles. The van der Waals surface area contributed by atoms with Crippen LogP contribution in [0.4, 0.5) is 19.1 Å². The van der Waals surface area contributed by atoms with Crippen LogP contribution in [-0.4, -0.2) is 93.8 Å². The Kier molecular flexibility index (Phi) is 7.34. The van der Waals surface area contributed by atoms with Crippen LogP contribution in [0.25, 0.3) is 28.1 Å². The molecule has 2 atom stereocenters. The van der Waals surface area contributed by atoms with Crippen molar-refractivity contribution in [2.45, 2.75) is 38.5 Å². The van der Waals surface area contributed by atoms with E-state index in [4.69, 9.17) is 9.72 Å². The second-order valence-electron chi connectivity index (χ2n) is 10.5. The lowest BCUT2D eigenvalue weighted by Gasteiger charge is -2.42. The van der Waals surface area contributed by atoms with Crippen LogP contribution in [0.15, 0.2) is 36.5 Å². The number of fused-ring (bicyclic) bond motifs is 3. The van der Waals surface area contributed by atoms with Gasteiger partial charge in [-0.15, -0.1) is 10.2 Å². The first-order chi connectivity index (χ1) is 18.5. The number of ether oxygens (including phenoxy) is 1. The first-order valence-electron chi connectivity index (χ1n) is 13.0. The van der Waals surface area contributed by atoms with E-state index < -0.39 is 11.7 Å². The van der Waals surface area contributed by atoms with Crippen molar-refractivity contribution >= 4 is 22.8 Å². The highest BCUT2D eigenvalue weighted by molar-refractivity contribution is 5.79. The molecule has 1 aliphatic heterocycles. The number of likely N-dealkylation sites (N-methyl/N-ethyl adjacent to an activating group) is 1. The fourth-order valence-electron chi connectivity index (χ4n) is 4.94. The van der Waals surface area contributed by atoms with Gasteiger partial charge in [0.25, 0.3) is 0 Å². The lowest BCUT2D eigenvalue weighted by atomic mass is 10.1. The normalized spacial score (nSPS) is 18.9. The fourth-order valence-corrected chi connectivity index (χ4v) is 4.94. The van der Waals surface area contributed by atoms with Crippen molar-refractivity contribution in [1.82, 2.24) is 34.4 Å². The van der Waals surface area contributed by atoms with E-state index in [9.17, 15) is 13.2 Å². The molecule has 0 bridgehead atoms. The van der Waals surface area contributed by atoms with Crippen molar-refractivity contribution < 1.29 is 17.9 Å². The predicted octanol–water partition coefficient (Wildman–Crippen LogP) is 4.22. The van der Waals surface area contributed by atoms with E-state index in [0.717, 1.165) is 25.7 Å². The zero-order valence-electron chi connectivity index (χ0n) is 22.8. The number of halogens is 3. The van der Waals surface area contributed by atoms with Crippen molar-refractivity contribution in [3.05, 3.63) is 42.1 Å². The average molecular weight is 543 g/mol. The van der Waals surface area contributed by atoms with Crippen LogP contribution in [0, 0.1) is 0 Å². The number of pyridine rings is 1. The summed E-state index contributed by atoms with van der Waals surface area (Å²) in [4.78, 5) is 15.7. The fraction of sp³-hybridized carbons (Fsp3) is 0.481. The molecule has 39 heavy (non-hydrogen) atoms. The van der Waals surface area contributed by atoms with Crippen molar-refractivity contribution in [3.8, 4) is 17.0 Å². The number of rotatable bonds is 7. The highest BCUT2D eigenvalue weighted by Crippen LogP contribution is 2.39. The largest absolute Gasteiger partial charge is 0.493 e. The van der Waals surface area contributed by atoms with Gasteiger partial charge in [0.05, 0.1) is 24.1 Å². The second kappa shape index (κ2) is 10.6. The Balaban J connectivity index is 1.53. The standard InChI is InChI=1S/C27H33F3N8O/c1-17-15-37(16-18(2)36(17)5)26-34-33-24-14-31-22-9-8-21(32-25(22)38(24)26)19-7-10-23(20(13-19)27(28,29)30)39-12-6-11-35(3)4/h7-10,13-14,17-18H,6,11-12,15-16H2,1-5H3/t17-,18+.